The number of methoxy groups -OCH3 is 1. The summed E-state index contributed by atoms with van der Waals surface area (Å²) in [4.78, 5) is 3.40. The van der Waals surface area contributed by atoms with Crippen LogP contribution >= 0.6 is 0 Å². The first kappa shape index (κ1) is 25.4. The molecule has 0 spiro atoms. The molecule has 0 amide bonds. The number of hydrogen-bond acceptors (Lipinski definition) is 6. The van der Waals surface area contributed by atoms with E-state index in [1.807, 2.05) is 67.6 Å². The van der Waals surface area contributed by atoms with E-state index in [1.54, 1.807) is 7.11 Å². The lowest BCUT2D eigenvalue weighted by Crippen LogP contribution is -2.33. The summed E-state index contributed by atoms with van der Waals surface area (Å²) in [6.45, 7) is 3.95. The maximum absolute atomic E-state index is 10.3. The second-order valence-electron chi connectivity index (χ2n) is 7.74. The molecule has 0 radical (unpaired) electrons. The topological polar surface area (TPSA) is 96.0 Å². The molecule has 4 rings (SSSR count). The summed E-state index contributed by atoms with van der Waals surface area (Å²) in [6, 6.07) is 21.6. The standard InChI is InChI=1S/C24H26N2O4.C3H8O/c1-28-21-10-4-5-11-22(21)29-14-13-25-15-17(27)16-30-23-12-6-9-20-24(23)18-7-2-3-8-19(18)26-20;1-2-3-4/h2-12,17,25-27H,13-16H2,1H3;4H,2-3H2,1H3. The van der Waals surface area contributed by atoms with Crippen molar-refractivity contribution in [2.24, 2.45) is 0 Å². The number of aliphatic hydroxyl groups excluding tert-OH is 2. The summed E-state index contributed by atoms with van der Waals surface area (Å²) in [5.41, 5.74) is 2.09. The van der Waals surface area contributed by atoms with Gasteiger partial charge in [-0.1, -0.05) is 43.3 Å². The van der Waals surface area contributed by atoms with Crippen LogP contribution in [0.3, 0.4) is 0 Å². The fraction of sp³-hybridized carbons (Fsp3) is 0.333. The zero-order chi connectivity index (χ0) is 24.2. The van der Waals surface area contributed by atoms with Crippen LogP contribution < -0.4 is 19.5 Å². The van der Waals surface area contributed by atoms with E-state index in [-0.39, 0.29) is 6.61 Å². The van der Waals surface area contributed by atoms with Gasteiger partial charge < -0.3 is 34.7 Å². The summed E-state index contributed by atoms with van der Waals surface area (Å²) in [5.74, 6) is 2.18. The third-order valence-corrected chi connectivity index (χ3v) is 5.13. The lowest BCUT2D eigenvalue weighted by molar-refractivity contribution is 0.106. The first-order valence-corrected chi connectivity index (χ1v) is 11.6. The van der Waals surface area contributed by atoms with Crippen LogP contribution in [0.25, 0.3) is 21.8 Å². The van der Waals surface area contributed by atoms with E-state index in [0.29, 0.717) is 37.8 Å². The van der Waals surface area contributed by atoms with Gasteiger partial charge >= 0.3 is 0 Å². The first-order chi connectivity index (χ1) is 16.7. The molecule has 0 saturated heterocycles. The van der Waals surface area contributed by atoms with Crippen molar-refractivity contribution in [3.8, 4) is 17.2 Å². The van der Waals surface area contributed by atoms with Crippen LogP contribution in [0.4, 0.5) is 0 Å². The lowest BCUT2D eigenvalue weighted by Gasteiger charge is -2.15. The smallest absolute Gasteiger partial charge is 0.161 e. The highest BCUT2D eigenvalue weighted by Gasteiger charge is 2.11. The monoisotopic (exact) mass is 466 g/mol. The van der Waals surface area contributed by atoms with Crippen LogP contribution in [0.1, 0.15) is 13.3 Å². The van der Waals surface area contributed by atoms with Crippen molar-refractivity contribution in [3.05, 3.63) is 66.7 Å². The van der Waals surface area contributed by atoms with Gasteiger partial charge in [0.15, 0.2) is 11.5 Å². The Kier molecular flexibility index (Phi) is 10.0. The van der Waals surface area contributed by atoms with Crippen molar-refractivity contribution in [2.75, 3.05) is 40.0 Å². The molecule has 0 fully saturated rings. The Bertz CT molecular complexity index is 1140. The van der Waals surface area contributed by atoms with Gasteiger partial charge in [0.1, 0.15) is 25.1 Å². The Balaban J connectivity index is 0.000000751. The number of aliphatic hydroxyl groups is 2. The minimum atomic E-state index is -0.628. The molecule has 0 bridgehead atoms. The third kappa shape index (κ3) is 6.87. The Morgan fingerprint density at radius 2 is 1.56 bits per heavy atom. The summed E-state index contributed by atoms with van der Waals surface area (Å²) < 4.78 is 16.9. The number of H-pyrrole nitrogens is 1. The quantitative estimate of drug-likeness (QED) is 0.248. The van der Waals surface area contributed by atoms with E-state index in [1.165, 1.54) is 0 Å². The van der Waals surface area contributed by atoms with Crippen LogP contribution in [-0.4, -0.2) is 61.3 Å². The normalized spacial score (nSPS) is 11.6. The Labute approximate surface area is 200 Å². The number of benzene rings is 3. The van der Waals surface area contributed by atoms with Crippen LogP contribution in [-0.2, 0) is 0 Å². The Morgan fingerprint density at radius 1 is 0.882 bits per heavy atom. The van der Waals surface area contributed by atoms with E-state index in [9.17, 15) is 5.11 Å². The van der Waals surface area contributed by atoms with Crippen molar-refractivity contribution in [1.82, 2.24) is 10.3 Å². The second-order valence-corrected chi connectivity index (χ2v) is 7.74. The van der Waals surface area contributed by atoms with Crippen LogP contribution in [0.15, 0.2) is 66.7 Å². The fourth-order valence-electron chi connectivity index (χ4n) is 3.47. The highest BCUT2D eigenvalue weighted by Crippen LogP contribution is 2.33. The number of fused-ring (bicyclic) bond motifs is 3. The summed E-state index contributed by atoms with van der Waals surface area (Å²) in [7, 11) is 1.62. The van der Waals surface area contributed by atoms with Crippen molar-refractivity contribution in [2.45, 2.75) is 19.4 Å². The third-order valence-electron chi connectivity index (χ3n) is 5.13. The van der Waals surface area contributed by atoms with Gasteiger partial charge in [-0.15, -0.1) is 0 Å². The lowest BCUT2D eigenvalue weighted by atomic mass is 10.1. The summed E-state index contributed by atoms with van der Waals surface area (Å²) in [5, 5.41) is 23.5. The molecule has 182 valence electrons. The van der Waals surface area contributed by atoms with Crippen LogP contribution in [0.5, 0.6) is 17.2 Å². The molecule has 4 N–H and O–H groups in total. The zero-order valence-corrected chi connectivity index (χ0v) is 19.8. The maximum Gasteiger partial charge on any atom is 0.161 e. The molecule has 34 heavy (non-hydrogen) atoms. The molecule has 0 aliphatic rings. The summed E-state index contributed by atoms with van der Waals surface area (Å²) in [6.07, 6.45) is 0.247. The van der Waals surface area contributed by atoms with Crippen LogP contribution in [0.2, 0.25) is 0 Å². The van der Waals surface area contributed by atoms with Gasteiger partial charge in [-0.3, -0.25) is 0 Å². The molecule has 7 nitrogen and oxygen atoms in total. The van der Waals surface area contributed by atoms with E-state index in [2.05, 4.69) is 16.4 Å². The number of ether oxygens (including phenoxy) is 3. The minimum absolute atomic E-state index is 0.207. The van der Waals surface area contributed by atoms with Gasteiger partial charge in [-0.2, -0.15) is 0 Å². The van der Waals surface area contributed by atoms with Crippen molar-refractivity contribution >= 4 is 21.8 Å². The zero-order valence-electron chi connectivity index (χ0n) is 19.8. The highest BCUT2D eigenvalue weighted by molar-refractivity contribution is 6.10. The van der Waals surface area contributed by atoms with Gasteiger partial charge in [-0.25, -0.2) is 0 Å². The molecule has 0 aliphatic carbocycles. The number of para-hydroxylation sites is 3. The van der Waals surface area contributed by atoms with E-state index in [0.717, 1.165) is 34.0 Å². The van der Waals surface area contributed by atoms with Gasteiger partial charge in [-0.05, 0) is 36.8 Å². The molecule has 1 heterocycles. The van der Waals surface area contributed by atoms with Gasteiger partial charge in [0.25, 0.3) is 0 Å². The van der Waals surface area contributed by atoms with Crippen molar-refractivity contribution < 1.29 is 24.4 Å². The molecule has 4 aromatic rings. The van der Waals surface area contributed by atoms with E-state index < -0.39 is 6.10 Å². The molecule has 1 atom stereocenters. The number of nitrogens with one attached hydrogen (secondary N) is 2. The molecular formula is C27H34N2O5. The maximum atomic E-state index is 10.3. The largest absolute Gasteiger partial charge is 0.493 e. The number of hydrogen-bond donors (Lipinski definition) is 4. The average molecular weight is 467 g/mol. The Hall–Kier alpha value is -3.26. The Morgan fingerprint density at radius 3 is 2.32 bits per heavy atom. The van der Waals surface area contributed by atoms with E-state index >= 15 is 0 Å². The van der Waals surface area contributed by atoms with E-state index in [4.69, 9.17) is 19.3 Å². The van der Waals surface area contributed by atoms with Gasteiger partial charge in [0.2, 0.25) is 0 Å². The van der Waals surface area contributed by atoms with Gasteiger partial charge in [0, 0.05) is 36.0 Å². The average Bonchev–Trinajstić information content (AvgIpc) is 3.27. The SMILES string of the molecule is CCCO.COc1ccccc1OCCNCC(O)COc1cccc2[nH]c3ccccc3c12. The van der Waals surface area contributed by atoms with Gasteiger partial charge in [0.05, 0.1) is 12.6 Å². The molecule has 0 saturated carbocycles. The number of aromatic amines is 1. The predicted octanol–water partition coefficient (Wildman–Crippen LogP) is 4.13. The summed E-state index contributed by atoms with van der Waals surface area (Å²) >= 11 is 0. The number of aromatic nitrogens is 1. The first-order valence-electron chi connectivity index (χ1n) is 11.6. The van der Waals surface area contributed by atoms with Crippen molar-refractivity contribution in [1.29, 1.82) is 0 Å². The second kappa shape index (κ2) is 13.4. The minimum Gasteiger partial charge on any atom is -0.493 e. The molecule has 7 heteroatoms. The highest BCUT2D eigenvalue weighted by atomic mass is 16.5. The van der Waals surface area contributed by atoms with Crippen molar-refractivity contribution in [3.63, 3.8) is 0 Å². The molecule has 3 aromatic carbocycles. The fourth-order valence-corrected chi connectivity index (χ4v) is 3.47. The van der Waals surface area contributed by atoms with Crippen LogP contribution in [0, 0.1) is 0 Å². The number of rotatable bonds is 11. The molecular weight excluding hydrogens is 432 g/mol. The molecule has 1 aromatic heterocycles. The molecule has 1 unspecified atom stereocenters. The molecule has 0 aliphatic heterocycles. The predicted molar refractivity (Wildman–Crippen MR) is 136 cm³/mol.